The fourth-order valence-corrected chi connectivity index (χ4v) is 4.39. The zero-order chi connectivity index (χ0) is 20.9. The predicted molar refractivity (Wildman–Crippen MR) is 118 cm³/mol. The van der Waals surface area contributed by atoms with Gasteiger partial charge in [0.2, 0.25) is 5.91 Å². The molecule has 0 radical (unpaired) electrons. The number of rotatable bonds is 8. The minimum atomic E-state index is -2.00. The summed E-state index contributed by atoms with van der Waals surface area (Å²) >= 11 is 0. The first-order valence-electron chi connectivity index (χ1n) is 9.96. The number of hydrogen-bond donors (Lipinski definition) is 0. The second-order valence-electron chi connectivity index (χ2n) is 8.94. The van der Waals surface area contributed by atoms with Gasteiger partial charge in [-0.05, 0) is 23.7 Å². The van der Waals surface area contributed by atoms with Gasteiger partial charge in [-0.15, -0.1) is 6.58 Å². The van der Waals surface area contributed by atoms with Crippen molar-refractivity contribution in [1.82, 2.24) is 4.90 Å². The highest BCUT2D eigenvalue weighted by Gasteiger charge is 2.45. The summed E-state index contributed by atoms with van der Waals surface area (Å²) in [5.41, 5.74) is 1.11. The van der Waals surface area contributed by atoms with Crippen LogP contribution in [0.1, 0.15) is 33.3 Å². The van der Waals surface area contributed by atoms with Crippen molar-refractivity contribution in [2.45, 2.75) is 70.7 Å². The topological polar surface area (TPSA) is 38.8 Å². The number of benzene rings is 1. The van der Waals surface area contributed by atoms with E-state index in [2.05, 4.69) is 46.5 Å². The number of carbonyl (C=O) groups excluding carboxylic acids is 1. The molecular formula is C23H35NO3Si. The van der Waals surface area contributed by atoms with Crippen molar-refractivity contribution in [2.75, 3.05) is 6.54 Å². The average molecular weight is 402 g/mol. The van der Waals surface area contributed by atoms with E-state index in [-0.39, 0.29) is 29.2 Å². The standard InChI is InChI=1S/C23H35NO3Si/c1-8-16-24(18(2)25)22-20(26-17-19-12-10-9-11-13-19)14-15-21(22)27-28(6,7)23(3,4)5/h8-15,20-22H,1,16-17H2,2-7H3/t20-,21+,22-/m1/s1. The highest BCUT2D eigenvalue weighted by molar-refractivity contribution is 6.74. The fourth-order valence-electron chi connectivity index (χ4n) is 3.13. The quantitative estimate of drug-likeness (QED) is 0.458. The van der Waals surface area contributed by atoms with Crippen molar-refractivity contribution >= 4 is 14.2 Å². The van der Waals surface area contributed by atoms with E-state index in [1.54, 1.807) is 13.0 Å². The summed E-state index contributed by atoms with van der Waals surface area (Å²) in [4.78, 5) is 14.2. The van der Waals surface area contributed by atoms with Crippen LogP contribution in [0.25, 0.3) is 0 Å². The summed E-state index contributed by atoms with van der Waals surface area (Å²) in [7, 11) is -2.00. The molecule has 1 amide bonds. The molecular weight excluding hydrogens is 366 g/mol. The number of nitrogens with zero attached hydrogens (tertiary/aromatic N) is 1. The second kappa shape index (κ2) is 9.20. The fraction of sp³-hybridized carbons (Fsp3) is 0.522. The monoisotopic (exact) mass is 401 g/mol. The molecule has 0 heterocycles. The molecule has 2 rings (SSSR count). The van der Waals surface area contributed by atoms with Gasteiger partial charge in [-0.2, -0.15) is 0 Å². The van der Waals surface area contributed by atoms with E-state index in [4.69, 9.17) is 9.16 Å². The molecule has 4 nitrogen and oxygen atoms in total. The summed E-state index contributed by atoms with van der Waals surface area (Å²) in [6, 6.07) is 9.90. The van der Waals surface area contributed by atoms with Crippen molar-refractivity contribution in [2.24, 2.45) is 0 Å². The SMILES string of the molecule is C=CCN(C(C)=O)[C@H]1[C@@H](O[Si](C)(C)C(C)(C)C)C=C[C@H]1OCc1ccccc1. The zero-order valence-electron chi connectivity index (χ0n) is 18.1. The van der Waals surface area contributed by atoms with Crippen LogP contribution in [-0.2, 0) is 20.6 Å². The predicted octanol–water partition coefficient (Wildman–Crippen LogP) is 4.94. The van der Waals surface area contributed by atoms with Gasteiger partial charge in [-0.1, -0.05) is 69.3 Å². The van der Waals surface area contributed by atoms with E-state index < -0.39 is 8.32 Å². The van der Waals surface area contributed by atoms with E-state index in [0.717, 1.165) is 5.56 Å². The molecule has 0 saturated heterocycles. The molecule has 1 aliphatic rings. The first-order chi connectivity index (χ1) is 13.1. The van der Waals surface area contributed by atoms with Gasteiger partial charge in [0, 0.05) is 13.5 Å². The van der Waals surface area contributed by atoms with Gasteiger partial charge in [0.1, 0.15) is 0 Å². The van der Waals surface area contributed by atoms with Gasteiger partial charge in [-0.25, -0.2) is 0 Å². The van der Waals surface area contributed by atoms with Gasteiger partial charge in [0.25, 0.3) is 0 Å². The molecule has 5 heteroatoms. The lowest BCUT2D eigenvalue weighted by atomic mass is 10.1. The van der Waals surface area contributed by atoms with Crippen molar-refractivity contribution in [3.05, 3.63) is 60.7 Å². The minimum absolute atomic E-state index is 0.00532. The maximum absolute atomic E-state index is 12.4. The normalized spacial score (nSPS) is 22.3. The summed E-state index contributed by atoms with van der Waals surface area (Å²) in [5.74, 6) is 0.00532. The molecule has 0 aromatic heterocycles. The van der Waals surface area contributed by atoms with E-state index >= 15 is 0 Å². The molecule has 1 aliphatic carbocycles. The Hall–Kier alpha value is -1.69. The lowest BCUT2D eigenvalue weighted by molar-refractivity contribution is -0.135. The third-order valence-corrected chi connectivity index (χ3v) is 10.2. The lowest BCUT2D eigenvalue weighted by Crippen LogP contribution is -2.54. The molecule has 1 aromatic carbocycles. The van der Waals surface area contributed by atoms with E-state index in [0.29, 0.717) is 13.2 Å². The van der Waals surface area contributed by atoms with Gasteiger partial charge >= 0.3 is 0 Å². The number of amides is 1. The third-order valence-electron chi connectivity index (χ3n) is 5.78. The summed E-state index contributed by atoms with van der Waals surface area (Å²) in [6.07, 6.45) is 5.49. The van der Waals surface area contributed by atoms with Gasteiger partial charge in [0.05, 0.1) is 24.9 Å². The molecule has 0 aliphatic heterocycles. The summed E-state index contributed by atoms with van der Waals surface area (Å²) in [5, 5.41) is 0.0911. The Morgan fingerprint density at radius 2 is 1.79 bits per heavy atom. The highest BCUT2D eigenvalue weighted by Crippen LogP contribution is 2.39. The van der Waals surface area contributed by atoms with Crippen molar-refractivity contribution in [3.63, 3.8) is 0 Å². The van der Waals surface area contributed by atoms with Crippen LogP contribution in [0.4, 0.5) is 0 Å². The van der Waals surface area contributed by atoms with Crippen molar-refractivity contribution in [1.29, 1.82) is 0 Å². The lowest BCUT2D eigenvalue weighted by Gasteiger charge is -2.42. The second-order valence-corrected chi connectivity index (χ2v) is 13.7. The van der Waals surface area contributed by atoms with Crippen LogP contribution in [0.5, 0.6) is 0 Å². The Morgan fingerprint density at radius 1 is 1.18 bits per heavy atom. The Balaban J connectivity index is 2.23. The van der Waals surface area contributed by atoms with Crippen LogP contribution in [0.3, 0.4) is 0 Å². The first kappa shape index (κ1) is 22.6. The van der Waals surface area contributed by atoms with Crippen LogP contribution >= 0.6 is 0 Å². The Bertz CT molecular complexity index is 694. The molecule has 0 fully saturated rings. The Morgan fingerprint density at radius 3 is 2.32 bits per heavy atom. The number of ether oxygens (including phenoxy) is 1. The molecule has 1 aromatic rings. The molecule has 0 N–H and O–H groups in total. The van der Waals surface area contributed by atoms with Crippen LogP contribution in [-0.4, -0.2) is 43.9 Å². The zero-order valence-corrected chi connectivity index (χ0v) is 19.1. The number of hydrogen-bond acceptors (Lipinski definition) is 3. The van der Waals surface area contributed by atoms with E-state index in [9.17, 15) is 4.79 Å². The molecule has 0 spiro atoms. The molecule has 0 saturated carbocycles. The van der Waals surface area contributed by atoms with E-state index in [1.165, 1.54) is 0 Å². The van der Waals surface area contributed by atoms with Crippen LogP contribution < -0.4 is 0 Å². The Labute approximate surface area is 171 Å². The summed E-state index contributed by atoms with van der Waals surface area (Å²) in [6.45, 7) is 17.5. The largest absolute Gasteiger partial charge is 0.408 e. The molecule has 28 heavy (non-hydrogen) atoms. The summed E-state index contributed by atoms with van der Waals surface area (Å²) < 4.78 is 12.9. The number of carbonyl (C=O) groups is 1. The van der Waals surface area contributed by atoms with Crippen molar-refractivity contribution < 1.29 is 14.0 Å². The van der Waals surface area contributed by atoms with Crippen LogP contribution in [0, 0.1) is 0 Å². The van der Waals surface area contributed by atoms with Crippen LogP contribution in [0.2, 0.25) is 18.1 Å². The van der Waals surface area contributed by atoms with E-state index in [1.807, 2.05) is 41.3 Å². The highest BCUT2D eigenvalue weighted by atomic mass is 28.4. The Kier molecular flexibility index (Phi) is 7.43. The molecule has 154 valence electrons. The maximum atomic E-state index is 12.4. The van der Waals surface area contributed by atoms with Crippen molar-refractivity contribution in [3.8, 4) is 0 Å². The maximum Gasteiger partial charge on any atom is 0.220 e. The van der Waals surface area contributed by atoms with Gasteiger partial charge in [0.15, 0.2) is 8.32 Å². The molecule has 0 bridgehead atoms. The molecule has 3 atom stereocenters. The van der Waals surface area contributed by atoms with Crippen LogP contribution in [0.15, 0.2) is 55.1 Å². The molecule has 0 unspecified atom stereocenters. The van der Waals surface area contributed by atoms with Gasteiger partial charge < -0.3 is 14.1 Å². The minimum Gasteiger partial charge on any atom is -0.408 e. The van der Waals surface area contributed by atoms with Gasteiger partial charge in [-0.3, -0.25) is 4.79 Å². The first-order valence-corrected chi connectivity index (χ1v) is 12.9. The third kappa shape index (κ3) is 5.43. The average Bonchev–Trinajstić information content (AvgIpc) is 2.99. The smallest absolute Gasteiger partial charge is 0.220 e.